The molecule has 2 aliphatic heterocycles. The third-order valence-corrected chi connectivity index (χ3v) is 4.72. The average molecular weight is 352 g/mol. The largest absolute Gasteiger partial charge is 0.352 e. The van der Waals surface area contributed by atoms with Crippen molar-refractivity contribution in [2.45, 2.75) is 38.8 Å². The van der Waals surface area contributed by atoms with E-state index in [-0.39, 0.29) is 36.2 Å². The number of rotatable bonds is 4. The summed E-state index contributed by atoms with van der Waals surface area (Å²) in [6.07, 6.45) is 2.44. The van der Waals surface area contributed by atoms with Gasteiger partial charge in [0.05, 0.1) is 5.92 Å². The van der Waals surface area contributed by atoms with Crippen LogP contribution in [-0.4, -0.2) is 42.4 Å². The molecule has 3 rings (SSSR count). The summed E-state index contributed by atoms with van der Waals surface area (Å²) >= 11 is 0. The number of likely N-dealkylation sites (tertiary alicyclic amines) is 1. The van der Waals surface area contributed by atoms with Gasteiger partial charge in [0.2, 0.25) is 11.8 Å². The normalized spacial score (nSPS) is 23.7. The zero-order valence-corrected chi connectivity index (χ0v) is 14.9. The van der Waals surface area contributed by atoms with Gasteiger partial charge in [0.15, 0.2) is 0 Å². The minimum Gasteiger partial charge on any atom is -0.352 e. The van der Waals surface area contributed by atoms with Crippen LogP contribution in [0.3, 0.4) is 0 Å². The van der Waals surface area contributed by atoms with Crippen LogP contribution >= 0.6 is 12.4 Å². The van der Waals surface area contributed by atoms with Crippen LogP contribution in [-0.2, 0) is 16.1 Å². The molecule has 0 aromatic heterocycles. The van der Waals surface area contributed by atoms with E-state index in [4.69, 9.17) is 0 Å². The number of benzene rings is 1. The van der Waals surface area contributed by atoms with Crippen LogP contribution in [0.25, 0.3) is 0 Å². The molecule has 0 aliphatic carbocycles. The fraction of sp³-hybridized carbons (Fsp3) is 0.556. The lowest BCUT2D eigenvalue weighted by atomic mass is 10.0. The number of hydrogen-bond acceptors (Lipinski definition) is 3. The maximum Gasteiger partial charge on any atom is 0.225 e. The van der Waals surface area contributed by atoms with Crippen molar-refractivity contribution >= 4 is 24.2 Å². The van der Waals surface area contributed by atoms with E-state index >= 15 is 0 Å². The Kier molecular flexibility index (Phi) is 6.63. The molecule has 2 fully saturated rings. The molecule has 0 spiro atoms. The molecule has 1 aromatic rings. The zero-order chi connectivity index (χ0) is 16.2. The standard InChI is InChI=1S/C18H25N3O2.ClH/c1-13-4-6-14(7-5-13)11-21-12-15(9-17(21)22)18(23)20-16-3-2-8-19-10-16;/h4-7,15-16,19H,2-3,8-12H2,1H3,(H,20,23);1H. The quantitative estimate of drug-likeness (QED) is 0.866. The molecule has 132 valence electrons. The predicted molar refractivity (Wildman–Crippen MR) is 96.0 cm³/mol. The molecule has 2 atom stereocenters. The molecule has 5 nitrogen and oxygen atoms in total. The number of nitrogens with one attached hydrogen (secondary N) is 2. The molecule has 2 amide bonds. The van der Waals surface area contributed by atoms with Crippen LogP contribution in [0.4, 0.5) is 0 Å². The maximum atomic E-state index is 12.4. The van der Waals surface area contributed by atoms with Crippen molar-refractivity contribution < 1.29 is 9.59 Å². The van der Waals surface area contributed by atoms with Crippen molar-refractivity contribution in [3.8, 4) is 0 Å². The predicted octanol–water partition coefficient (Wildman–Crippen LogP) is 1.63. The molecule has 2 heterocycles. The topological polar surface area (TPSA) is 61.4 Å². The number of carbonyl (C=O) groups is 2. The van der Waals surface area contributed by atoms with Gasteiger partial charge in [-0.2, -0.15) is 0 Å². The van der Waals surface area contributed by atoms with Gasteiger partial charge in [-0.05, 0) is 31.9 Å². The molecule has 2 saturated heterocycles. The highest BCUT2D eigenvalue weighted by Crippen LogP contribution is 2.21. The summed E-state index contributed by atoms with van der Waals surface area (Å²) < 4.78 is 0. The highest BCUT2D eigenvalue weighted by atomic mass is 35.5. The number of nitrogens with zero attached hydrogens (tertiary/aromatic N) is 1. The summed E-state index contributed by atoms with van der Waals surface area (Å²) in [5.41, 5.74) is 2.32. The number of amides is 2. The molecule has 2 aliphatic rings. The second-order valence-electron chi connectivity index (χ2n) is 6.71. The Morgan fingerprint density at radius 3 is 2.75 bits per heavy atom. The summed E-state index contributed by atoms with van der Waals surface area (Å²) in [4.78, 5) is 26.4. The van der Waals surface area contributed by atoms with E-state index in [1.807, 2.05) is 19.1 Å². The van der Waals surface area contributed by atoms with E-state index in [2.05, 4.69) is 22.8 Å². The molecule has 0 saturated carbocycles. The smallest absolute Gasteiger partial charge is 0.225 e. The van der Waals surface area contributed by atoms with Gasteiger partial charge in [-0.25, -0.2) is 0 Å². The van der Waals surface area contributed by atoms with Crippen molar-refractivity contribution in [2.24, 2.45) is 5.92 Å². The summed E-state index contributed by atoms with van der Waals surface area (Å²) in [7, 11) is 0. The summed E-state index contributed by atoms with van der Waals surface area (Å²) in [6.45, 7) is 5.02. The highest BCUT2D eigenvalue weighted by Gasteiger charge is 2.35. The Labute approximate surface area is 149 Å². The highest BCUT2D eigenvalue weighted by molar-refractivity contribution is 5.89. The van der Waals surface area contributed by atoms with E-state index < -0.39 is 0 Å². The number of piperidine rings is 1. The van der Waals surface area contributed by atoms with Gasteiger partial charge in [-0.15, -0.1) is 12.4 Å². The van der Waals surface area contributed by atoms with Crippen molar-refractivity contribution in [3.63, 3.8) is 0 Å². The number of aryl methyl sites for hydroxylation is 1. The van der Waals surface area contributed by atoms with E-state index in [9.17, 15) is 9.59 Å². The second kappa shape index (κ2) is 8.49. The lowest BCUT2D eigenvalue weighted by Crippen LogP contribution is -2.47. The monoisotopic (exact) mass is 351 g/mol. The zero-order valence-electron chi connectivity index (χ0n) is 14.1. The Morgan fingerprint density at radius 1 is 1.33 bits per heavy atom. The fourth-order valence-corrected chi connectivity index (χ4v) is 3.31. The lowest BCUT2D eigenvalue weighted by molar-refractivity contribution is -0.129. The Hall–Kier alpha value is -1.59. The summed E-state index contributed by atoms with van der Waals surface area (Å²) in [5.74, 6) is -0.110. The number of hydrogen-bond donors (Lipinski definition) is 2. The van der Waals surface area contributed by atoms with E-state index in [0.717, 1.165) is 31.5 Å². The van der Waals surface area contributed by atoms with Gasteiger partial charge in [0.25, 0.3) is 0 Å². The Balaban J connectivity index is 0.00000208. The minimum atomic E-state index is -0.213. The van der Waals surface area contributed by atoms with E-state index in [0.29, 0.717) is 19.5 Å². The minimum absolute atomic E-state index is 0. The SMILES string of the molecule is Cc1ccc(CN2CC(C(=O)NC3CCCNC3)CC2=O)cc1.Cl. The molecular formula is C18H26ClN3O2. The first-order chi connectivity index (χ1) is 11.1. The molecule has 0 radical (unpaired) electrons. The van der Waals surface area contributed by atoms with E-state index in [1.165, 1.54) is 5.56 Å². The summed E-state index contributed by atoms with van der Waals surface area (Å²) in [5, 5.41) is 6.39. The average Bonchev–Trinajstić information content (AvgIpc) is 2.92. The third kappa shape index (κ3) is 4.71. The van der Waals surface area contributed by atoms with Gasteiger partial charge in [0.1, 0.15) is 0 Å². The van der Waals surface area contributed by atoms with Crippen LogP contribution in [0.2, 0.25) is 0 Å². The molecule has 6 heteroatoms. The fourth-order valence-electron chi connectivity index (χ4n) is 3.31. The molecule has 2 N–H and O–H groups in total. The molecule has 1 aromatic carbocycles. The van der Waals surface area contributed by atoms with Gasteiger partial charge in [-0.1, -0.05) is 29.8 Å². The number of carbonyl (C=O) groups excluding carboxylic acids is 2. The van der Waals surface area contributed by atoms with Crippen LogP contribution in [0, 0.1) is 12.8 Å². The first-order valence-corrected chi connectivity index (χ1v) is 8.46. The first kappa shape index (κ1) is 18.7. The van der Waals surface area contributed by atoms with Gasteiger partial charge < -0.3 is 15.5 Å². The summed E-state index contributed by atoms with van der Waals surface area (Å²) in [6, 6.07) is 8.40. The number of halogens is 1. The molecule has 0 bridgehead atoms. The molecule has 2 unspecified atom stereocenters. The van der Waals surface area contributed by atoms with Crippen LogP contribution in [0.5, 0.6) is 0 Å². The Morgan fingerprint density at radius 2 is 2.08 bits per heavy atom. The van der Waals surface area contributed by atoms with Crippen LogP contribution in [0.1, 0.15) is 30.4 Å². The second-order valence-corrected chi connectivity index (χ2v) is 6.71. The van der Waals surface area contributed by atoms with Crippen LogP contribution in [0.15, 0.2) is 24.3 Å². The van der Waals surface area contributed by atoms with Crippen molar-refractivity contribution in [2.75, 3.05) is 19.6 Å². The lowest BCUT2D eigenvalue weighted by Gasteiger charge is -2.25. The molecule has 24 heavy (non-hydrogen) atoms. The van der Waals surface area contributed by atoms with Crippen molar-refractivity contribution in [3.05, 3.63) is 35.4 Å². The van der Waals surface area contributed by atoms with Gasteiger partial charge >= 0.3 is 0 Å². The Bertz CT molecular complexity index is 570. The van der Waals surface area contributed by atoms with Gasteiger partial charge in [-0.3, -0.25) is 9.59 Å². The van der Waals surface area contributed by atoms with Gasteiger partial charge in [0, 0.05) is 32.1 Å². The van der Waals surface area contributed by atoms with Crippen molar-refractivity contribution in [1.29, 1.82) is 0 Å². The van der Waals surface area contributed by atoms with E-state index in [1.54, 1.807) is 4.90 Å². The molecular weight excluding hydrogens is 326 g/mol. The first-order valence-electron chi connectivity index (χ1n) is 8.46. The third-order valence-electron chi connectivity index (χ3n) is 4.72. The maximum absolute atomic E-state index is 12.4. The van der Waals surface area contributed by atoms with Crippen LogP contribution < -0.4 is 10.6 Å². The van der Waals surface area contributed by atoms with Crippen molar-refractivity contribution in [1.82, 2.24) is 15.5 Å².